The monoisotopic (exact) mass is 314 g/mol. The minimum Gasteiger partial charge on any atom is -0.0620 e. The number of aryl methyl sites for hydroxylation is 1. The van der Waals surface area contributed by atoms with Gasteiger partial charge in [0.15, 0.2) is 0 Å². The summed E-state index contributed by atoms with van der Waals surface area (Å²) in [7, 11) is 0. The normalized spacial score (nSPS) is 13.0. The maximum Gasteiger partial charge on any atom is -0.00344 e. The van der Waals surface area contributed by atoms with Crippen LogP contribution in [0.15, 0.2) is 27.8 Å². The van der Waals surface area contributed by atoms with Gasteiger partial charge in [-0.05, 0) is 55.2 Å². The summed E-state index contributed by atoms with van der Waals surface area (Å²) in [6, 6.07) is 8.62. The molecule has 0 fully saturated rings. The highest BCUT2D eigenvalue weighted by molar-refractivity contribution is 14.1. The molecule has 0 aromatic heterocycles. The summed E-state index contributed by atoms with van der Waals surface area (Å²) in [6.07, 6.45) is 3.40. The molecule has 0 aliphatic rings. The van der Waals surface area contributed by atoms with Gasteiger partial charge in [0, 0.05) is 0 Å². The summed E-state index contributed by atoms with van der Waals surface area (Å²) in [4.78, 5) is 0. The molecule has 0 radical (unpaired) electrons. The maximum absolute atomic E-state index is 2.45. The van der Waals surface area contributed by atoms with E-state index in [1.165, 1.54) is 14.7 Å². The van der Waals surface area contributed by atoms with E-state index in [-0.39, 0.29) is 5.41 Å². The van der Waals surface area contributed by atoms with Crippen molar-refractivity contribution in [2.24, 2.45) is 5.41 Å². The maximum atomic E-state index is 2.45. The first-order valence-corrected chi connectivity index (χ1v) is 6.48. The van der Waals surface area contributed by atoms with Crippen LogP contribution in [-0.4, -0.2) is 0 Å². The lowest BCUT2D eigenvalue weighted by Gasteiger charge is -2.18. The lowest BCUT2D eigenvalue weighted by atomic mass is 9.94. The van der Waals surface area contributed by atoms with Gasteiger partial charge in [0.05, 0.1) is 0 Å². The Kier molecular flexibility index (Phi) is 4.38. The van der Waals surface area contributed by atoms with Gasteiger partial charge in [-0.3, -0.25) is 0 Å². The van der Waals surface area contributed by atoms with E-state index in [1.807, 2.05) is 0 Å². The van der Waals surface area contributed by atoms with Gasteiger partial charge < -0.3 is 0 Å². The Morgan fingerprint density at radius 2 is 1.87 bits per heavy atom. The van der Waals surface area contributed by atoms with E-state index in [0.29, 0.717) is 0 Å². The Hall–Kier alpha value is -0.310. The van der Waals surface area contributed by atoms with E-state index in [4.69, 9.17) is 0 Å². The number of benzene rings is 1. The molecule has 0 unspecified atom stereocenters. The van der Waals surface area contributed by atoms with Gasteiger partial charge in [-0.2, -0.15) is 0 Å². The number of allylic oxidation sites excluding steroid dienone is 1. The van der Waals surface area contributed by atoms with Gasteiger partial charge in [-0.1, -0.05) is 52.0 Å². The molecule has 0 saturated carbocycles. The van der Waals surface area contributed by atoms with Crippen LogP contribution in [0.3, 0.4) is 0 Å². The molecular formula is C14H19I. The van der Waals surface area contributed by atoms with E-state index in [9.17, 15) is 0 Å². The predicted octanol–water partition coefficient (Wildman–Crippen LogP) is 5.07. The number of rotatable bonds is 2. The Labute approximate surface area is 107 Å². The van der Waals surface area contributed by atoms with E-state index >= 15 is 0 Å². The third kappa shape index (κ3) is 3.63. The van der Waals surface area contributed by atoms with Crippen LogP contribution in [0.25, 0.3) is 6.08 Å². The van der Waals surface area contributed by atoms with E-state index in [1.54, 1.807) is 0 Å². The molecule has 1 rings (SSSR count). The lowest BCUT2D eigenvalue weighted by molar-refractivity contribution is 0.542. The van der Waals surface area contributed by atoms with Crippen LogP contribution in [0, 0.1) is 5.41 Å². The van der Waals surface area contributed by atoms with Crippen molar-refractivity contribution in [1.29, 1.82) is 0 Å². The van der Waals surface area contributed by atoms with Gasteiger partial charge in [0.1, 0.15) is 0 Å². The summed E-state index contributed by atoms with van der Waals surface area (Å²) in [5.74, 6) is 0. The third-order valence-corrected chi connectivity index (χ3v) is 4.36. The highest BCUT2D eigenvalue weighted by Gasteiger charge is 2.14. The zero-order valence-corrected chi connectivity index (χ0v) is 12.1. The standard InChI is InChI=1S/C14H19I/c1-5-11-8-6-7-9-12(11)10-13(15)14(2,3)4/h6-10H,5H2,1-4H3/b13-10-. The summed E-state index contributed by atoms with van der Waals surface area (Å²) < 4.78 is 1.40. The van der Waals surface area contributed by atoms with Crippen molar-refractivity contribution < 1.29 is 0 Å². The lowest BCUT2D eigenvalue weighted by Crippen LogP contribution is -2.04. The summed E-state index contributed by atoms with van der Waals surface area (Å²) in [5.41, 5.74) is 3.04. The van der Waals surface area contributed by atoms with Crippen LogP contribution in [0.2, 0.25) is 0 Å². The summed E-state index contributed by atoms with van der Waals surface area (Å²) in [5, 5.41) is 0. The number of hydrogen-bond acceptors (Lipinski definition) is 0. The van der Waals surface area contributed by atoms with Crippen LogP contribution >= 0.6 is 22.6 Å². The molecule has 0 aliphatic carbocycles. The molecule has 0 atom stereocenters. The molecule has 15 heavy (non-hydrogen) atoms. The first-order valence-electron chi connectivity index (χ1n) is 5.40. The first-order chi connectivity index (χ1) is 6.95. The Bertz CT molecular complexity index is 356. The van der Waals surface area contributed by atoms with Gasteiger partial charge in [0.25, 0.3) is 0 Å². The van der Waals surface area contributed by atoms with Crippen molar-refractivity contribution in [3.8, 4) is 0 Å². The SMILES string of the molecule is CCc1ccccc1/C=C(\I)C(C)(C)C. The minimum absolute atomic E-state index is 0.251. The Morgan fingerprint density at radius 1 is 1.27 bits per heavy atom. The molecule has 1 aromatic carbocycles. The zero-order chi connectivity index (χ0) is 11.5. The van der Waals surface area contributed by atoms with Crippen LogP contribution in [0.5, 0.6) is 0 Å². The molecular weight excluding hydrogens is 295 g/mol. The number of hydrogen-bond donors (Lipinski definition) is 0. The number of halogens is 1. The van der Waals surface area contributed by atoms with Crippen LogP contribution in [-0.2, 0) is 6.42 Å². The van der Waals surface area contributed by atoms with Crippen molar-refractivity contribution in [2.75, 3.05) is 0 Å². The molecule has 1 aromatic rings. The van der Waals surface area contributed by atoms with Crippen LogP contribution < -0.4 is 0 Å². The molecule has 0 aliphatic heterocycles. The van der Waals surface area contributed by atoms with E-state index in [2.05, 4.69) is 80.6 Å². The molecule has 82 valence electrons. The minimum atomic E-state index is 0.251. The fraction of sp³-hybridized carbons (Fsp3) is 0.429. The summed E-state index contributed by atoms with van der Waals surface area (Å²) in [6.45, 7) is 8.95. The van der Waals surface area contributed by atoms with Crippen molar-refractivity contribution in [2.45, 2.75) is 34.1 Å². The third-order valence-electron chi connectivity index (χ3n) is 2.43. The molecule has 1 heteroatoms. The zero-order valence-electron chi connectivity index (χ0n) is 9.97. The van der Waals surface area contributed by atoms with E-state index in [0.717, 1.165) is 6.42 Å². The largest absolute Gasteiger partial charge is 0.0620 e. The second kappa shape index (κ2) is 5.15. The van der Waals surface area contributed by atoms with Crippen LogP contribution in [0.1, 0.15) is 38.8 Å². The Morgan fingerprint density at radius 3 is 2.40 bits per heavy atom. The Balaban J connectivity index is 3.08. The van der Waals surface area contributed by atoms with Crippen molar-refractivity contribution in [1.82, 2.24) is 0 Å². The van der Waals surface area contributed by atoms with Gasteiger partial charge in [-0.15, -0.1) is 0 Å². The van der Waals surface area contributed by atoms with E-state index < -0.39 is 0 Å². The molecule has 0 nitrogen and oxygen atoms in total. The second-order valence-electron chi connectivity index (χ2n) is 4.79. The van der Waals surface area contributed by atoms with Gasteiger partial charge in [0.2, 0.25) is 0 Å². The first kappa shape index (κ1) is 12.8. The molecule has 0 bridgehead atoms. The topological polar surface area (TPSA) is 0 Å². The van der Waals surface area contributed by atoms with Crippen LogP contribution in [0.4, 0.5) is 0 Å². The molecule has 0 N–H and O–H groups in total. The fourth-order valence-electron chi connectivity index (χ4n) is 1.35. The van der Waals surface area contributed by atoms with Gasteiger partial charge in [-0.25, -0.2) is 0 Å². The predicted molar refractivity (Wildman–Crippen MR) is 77.3 cm³/mol. The van der Waals surface area contributed by atoms with Gasteiger partial charge >= 0.3 is 0 Å². The summed E-state index contributed by atoms with van der Waals surface area (Å²) >= 11 is 2.45. The molecule has 0 heterocycles. The van der Waals surface area contributed by atoms with Crippen molar-refractivity contribution >= 4 is 28.7 Å². The highest BCUT2D eigenvalue weighted by atomic mass is 127. The quantitative estimate of drug-likeness (QED) is 0.669. The highest BCUT2D eigenvalue weighted by Crippen LogP contribution is 2.32. The fourth-order valence-corrected chi connectivity index (χ4v) is 1.69. The molecule has 0 spiro atoms. The average Bonchev–Trinajstić information content (AvgIpc) is 2.17. The molecule has 0 saturated heterocycles. The van der Waals surface area contributed by atoms with Crippen molar-refractivity contribution in [3.05, 3.63) is 39.0 Å². The smallest absolute Gasteiger partial charge is 0.00344 e. The molecule has 0 amide bonds. The average molecular weight is 314 g/mol. The van der Waals surface area contributed by atoms with Crippen molar-refractivity contribution in [3.63, 3.8) is 0 Å². The second-order valence-corrected chi connectivity index (χ2v) is 5.96.